The molecule has 1 radical (unpaired) electrons. The zero-order valence-corrected chi connectivity index (χ0v) is 5.67. The summed E-state index contributed by atoms with van der Waals surface area (Å²) in [4.78, 5) is 0. The van der Waals surface area contributed by atoms with Crippen molar-refractivity contribution >= 4 is 0 Å². The van der Waals surface area contributed by atoms with Crippen molar-refractivity contribution in [2.24, 2.45) is 0 Å². The second kappa shape index (κ2) is 3.34. The lowest BCUT2D eigenvalue weighted by Gasteiger charge is -1.98. The average Bonchev–Trinajstić information content (AvgIpc) is 1.88. The van der Waals surface area contributed by atoms with E-state index in [2.05, 4.69) is 12.4 Å². The highest BCUT2D eigenvalue weighted by Gasteiger charge is 1.89. The molecule has 1 aromatic rings. The van der Waals surface area contributed by atoms with Crippen LogP contribution in [0.4, 0.5) is 0 Å². The maximum absolute atomic E-state index is 8.34. The van der Waals surface area contributed by atoms with Crippen molar-refractivity contribution in [2.45, 2.75) is 6.54 Å². The molecule has 0 aromatic heterocycles. The molecule has 0 unspecified atom stereocenters. The average molecular weight is 136 g/mol. The Kier molecular flexibility index (Phi) is 2.42. The summed E-state index contributed by atoms with van der Waals surface area (Å²) in [6.07, 6.45) is 0. The predicted octanol–water partition coefficient (Wildman–Crippen LogP) is 1.35. The lowest BCUT2D eigenvalue weighted by Crippen LogP contribution is -2.05. The molecule has 1 aromatic carbocycles. The highest BCUT2D eigenvalue weighted by atomic mass is 16.5. The molecule has 0 aliphatic heterocycles. The van der Waals surface area contributed by atoms with Gasteiger partial charge in [-0.1, -0.05) is 24.3 Å². The monoisotopic (exact) mass is 136 g/mol. The van der Waals surface area contributed by atoms with Crippen LogP contribution in [0.5, 0.6) is 0 Å². The zero-order valence-electron chi connectivity index (χ0n) is 5.67. The summed E-state index contributed by atoms with van der Waals surface area (Å²) in [5, 5.41) is 8.34. The number of nitrogens with one attached hydrogen (secondary N) is 1. The highest BCUT2D eigenvalue weighted by Crippen LogP contribution is 2.02. The number of benzene rings is 1. The molecule has 1 rings (SSSR count). The zero-order chi connectivity index (χ0) is 7.40. The van der Waals surface area contributed by atoms with Gasteiger partial charge in [-0.3, -0.25) is 0 Å². The van der Waals surface area contributed by atoms with E-state index in [1.54, 1.807) is 0 Å². The van der Waals surface area contributed by atoms with Gasteiger partial charge in [-0.25, -0.2) is 5.48 Å². The van der Waals surface area contributed by atoms with Gasteiger partial charge in [0, 0.05) is 6.54 Å². The Bertz CT molecular complexity index is 210. The van der Waals surface area contributed by atoms with E-state index in [9.17, 15) is 0 Å². The first-order valence-corrected chi connectivity index (χ1v) is 3.11. The SMILES string of the molecule is [CH2]c1cccc(CNO)c1. The smallest absolute Gasteiger partial charge is 0.0458 e. The molecule has 0 saturated heterocycles. The van der Waals surface area contributed by atoms with Crippen LogP contribution in [0.25, 0.3) is 0 Å². The lowest BCUT2D eigenvalue weighted by molar-refractivity contribution is 0.161. The first kappa shape index (κ1) is 7.25. The first-order chi connectivity index (χ1) is 4.83. The van der Waals surface area contributed by atoms with Gasteiger partial charge in [0.2, 0.25) is 0 Å². The third-order valence-corrected chi connectivity index (χ3v) is 1.27. The van der Waals surface area contributed by atoms with Crippen LogP contribution < -0.4 is 5.48 Å². The molecule has 2 N–H and O–H groups in total. The molecule has 0 spiro atoms. The van der Waals surface area contributed by atoms with E-state index in [1.165, 1.54) is 0 Å². The molecule has 0 heterocycles. The summed E-state index contributed by atoms with van der Waals surface area (Å²) >= 11 is 0. The van der Waals surface area contributed by atoms with Crippen molar-refractivity contribution in [3.63, 3.8) is 0 Å². The minimum atomic E-state index is 0.476. The standard InChI is InChI=1S/C8H10NO/c1-7-3-2-4-8(5-7)6-9-10/h2-5,9-10H,1,6H2. The Morgan fingerprint density at radius 2 is 2.30 bits per heavy atom. The van der Waals surface area contributed by atoms with E-state index in [0.29, 0.717) is 6.54 Å². The van der Waals surface area contributed by atoms with Crippen LogP contribution in [0.2, 0.25) is 0 Å². The fourth-order valence-electron chi connectivity index (χ4n) is 0.831. The number of hydrogen-bond donors (Lipinski definition) is 2. The fraction of sp³-hybridized carbons (Fsp3) is 0.125. The van der Waals surface area contributed by atoms with Gasteiger partial charge in [-0.05, 0) is 18.1 Å². The highest BCUT2D eigenvalue weighted by molar-refractivity contribution is 5.24. The van der Waals surface area contributed by atoms with Gasteiger partial charge < -0.3 is 5.21 Å². The topological polar surface area (TPSA) is 32.3 Å². The van der Waals surface area contributed by atoms with E-state index < -0.39 is 0 Å². The van der Waals surface area contributed by atoms with Crippen LogP contribution in [0.15, 0.2) is 24.3 Å². The molecule has 10 heavy (non-hydrogen) atoms. The molecule has 2 heteroatoms. The second-order valence-electron chi connectivity index (χ2n) is 2.15. The minimum absolute atomic E-state index is 0.476. The van der Waals surface area contributed by atoms with E-state index >= 15 is 0 Å². The van der Waals surface area contributed by atoms with Gasteiger partial charge in [-0.2, -0.15) is 0 Å². The molecule has 0 saturated carbocycles. The van der Waals surface area contributed by atoms with Crippen molar-refractivity contribution in [3.8, 4) is 0 Å². The molecule has 2 nitrogen and oxygen atoms in total. The van der Waals surface area contributed by atoms with Gasteiger partial charge in [0.05, 0.1) is 0 Å². The predicted molar refractivity (Wildman–Crippen MR) is 39.5 cm³/mol. The van der Waals surface area contributed by atoms with Gasteiger partial charge in [0.25, 0.3) is 0 Å². The molecule has 0 bridgehead atoms. The van der Waals surface area contributed by atoms with E-state index in [0.717, 1.165) is 11.1 Å². The minimum Gasteiger partial charge on any atom is -0.316 e. The Hall–Kier alpha value is -0.860. The van der Waals surface area contributed by atoms with E-state index in [1.807, 2.05) is 24.3 Å². The lowest BCUT2D eigenvalue weighted by atomic mass is 10.1. The summed E-state index contributed by atoms with van der Waals surface area (Å²) in [5.41, 5.74) is 4.09. The van der Waals surface area contributed by atoms with Crippen LogP contribution in [-0.2, 0) is 6.54 Å². The van der Waals surface area contributed by atoms with Crippen LogP contribution >= 0.6 is 0 Å². The quantitative estimate of drug-likeness (QED) is 0.601. The molecule has 0 aliphatic carbocycles. The Balaban J connectivity index is 2.75. The van der Waals surface area contributed by atoms with Crippen LogP contribution in [-0.4, -0.2) is 5.21 Å². The summed E-state index contributed by atoms with van der Waals surface area (Å²) in [6.45, 7) is 4.23. The molecular weight excluding hydrogens is 126 g/mol. The second-order valence-corrected chi connectivity index (χ2v) is 2.15. The van der Waals surface area contributed by atoms with Crippen molar-refractivity contribution in [3.05, 3.63) is 42.3 Å². The third kappa shape index (κ3) is 1.83. The fourth-order valence-corrected chi connectivity index (χ4v) is 0.831. The van der Waals surface area contributed by atoms with Crippen LogP contribution in [0, 0.1) is 6.92 Å². The number of rotatable bonds is 2. The van der Waals surface area contributed by atoms with E-state index in [-0.39, 0.29) is 0 Å². The Morgan fingerprint density at radius 1 is 1.50 bits per heavy atom. The number of hydroxylamine groups is 1. The van der Waals surface area contributed by atoms with Gasteiger partial charge in [-0.15, -0.1) is 0 Å². The van der Waals surface area contributed by atoms with Crippen molar-refractivity contribution in [2.75, 3.05) is 0 Å². The van der Waals surface area contributed by atoms with Gasteiger partial charge in [0.15, 0.2) is 0 Å². The molecule has 0 amide bonds. The van der Waals surface area contributed by atoms with Crippen LogP contribution in [0.1, 0.15) is 11.1 Å². The summed E-state index contributed by atoms with van der Waals surface area (Å²) in [6, 6.07) is 7.68. The van der Waals surface area contributed by atoms with Crippen LogP contribution in [0.3, 0.4) is 0 Å². The van der Waals surface area contributed by atoms with Crippen molar-refractivity contribution in [1.29, 1.82) is 0 Å². The maximum atomic E-state index is 8.34. The maximum Gasteiger partial charge on any atom is 0.0458 e. The van der Waals surface area contributed by atoms with Crippen molar-refractivity contribution < 1.29 is 5.21 Å². The molecule has 0 atom stereocenters. The largest absolute Gasteiger partial charge is 0.316 e. The molecule has 53 valence electrons. The Labute approximate surface area is 60.5 Å². The van der Waals surface area contributed by atoms with Gasteiger partial charge >= 0.3 is 0 Å². The summed E-state index contributed by atoms with van der Waals surface area (Å²) in [7, 11) is 0. The normalized spacial score (nSPS) is 9.80. The summed E-state index contributed by atoms with van der Waals surface area (Å²) in [5.74, 6) is 0. The third-order valence-electron chi connectivity index (χ3n) is 1.27. The van der Waals surface area contributed by atoms with Crippen molar-refractivity contribution in [1.82, 2.24) is 5.48 Å². The summed E-state index contributed by atoms with van der Waals surface area (Å²) < 4.78 is 0. The first-order valence-electron chi connectivity index (χ1n) is 3.11. The van der Waals surface area contributed by atoms with E-state index in [4.69, 9.17) is 5.21 Å². The molecule has 0 aliphatic rings. The molecular formula is C8H10NO. The molecule has 0 fully saturated rings. The Morgan fingerprint density at radius 3 is 2.90 bits per heavy atom. The van der Waals surface area contributed by atoms with Gasteiger partial charge in [0.1, 0.15) is 0 Å². The number of hydrogen-bond acceptors (Lipinski definition) is 2.